The summed E-state index contributed by atoms with van der Waals surface area (Å²) < 4.78 is 5.31. The zero-order valence-corrected chi connectivity index (χ0v) is 13.8. The quantitative estimate of drug-likeness (QED) is 0.876. The molecule has 126 valence electrons. The molecule has 24 heavy (non-hydrogen) atoms. The minimum absolute atomic E-state index is 0.0372. The smallest absolute Gasteiger partial charge is 0.251 e. The molecule has 1 saturated heterocycles. The number of hydrogen-bond donors (Lipinski definition) is 1. The zero-order valence-electron chi connectivity index (χ0n) is 13.8. The minimum atomic E-state index is -0.0372. The van der Waals surface area contributed by atoms with Crippen LogP contribution in [0.3, 0.4) is 0 Å². The number of pyridine rings is 2. The Bertz CT molecular complexity index is 678. The number of amides is 1. The SMILES string of the molecule is COc1ncccc1CN1CC[C@@H](CNC(=O)c2ccncc2)C1. The molecule has 6 nitrogen and oxygen atoms in total. The van der Waals surface area contributed by atoms with Gasteiger partial charge in [-0.3, -0.25) is 14.7 Å². The lowest BCUT2D eigenvalue weighted by Gasteiger charge is -2.17. The second-order valence-corrected chi connectivity index (χ2v) is 6.01. The predicted molar refractivity (Wildman–Crippen MR) is 90.7 cm³/mol. The van der Waals surface area contributed by atoms with Gasteiger partial charge in [0.15, 0.2) is 0 Å². The summed E-state index contributed by atoms with van der Waals surface area (Å²) in [5.74, 6) is 1.12. The fourth-order valence-corrected chi connectivity index (χ4v) is 3.03. The molecule has 6 heteroatoms. The zero-order chi connectivity index (χ0) is 16.8. The van der Waals surface area contributed by atoms with Gasteiger partial charge in [0.25, 0.3) is 5.91 Å². The Morgan fingerprint density at radius 3 is 2.96 bits per heavy atom. The topological polar surface area (TPSA) is 67.3 Å². The van der Waals surface area contributed by atoms with Crippen molar-refractivity contribution in [2.24, 2.45) is 5.92 Å². The third-order valence-electron chi connectivity index (χ3n) is 4.30. The van der Waals surface area contributed by atoms with Crippen LogP contribution >= 0.6 is 0 Å². The van der Waals surface area contributed by atoms with E-state index >= 15 is 0 Å². The first kappa shape index (κ1) is 16.4. The number of likely N-dealkylation sites (tertiary alicyclic amines) is 1. The average molecular weight is 326 g/mol. The molecule has 0 saturated carbocycles. The molecule has 0 unspecified atom stereocenters. The largest absolute Gasteiger partial charge is 0.481 e. The third kappa shape index (κ3) is 4.08. The number of hydrogen-bond acceptors (Lipinski definition) is 5. The van der Waals surface area contributed by atoms with Gasteiger partial charge in [0.1, 0.15) is 0 Å². The predicted octanol–water partition coefficient (Wildman–Crippen LogP) is 1.74. The van der Waals surface area contributed by atoms with Crippen LogP contribution in [-0.4, -0.2) is 47.5 Å². The van der Waals surface area contributed by atoms with Crippen LogP contribution in [0.15, 0.2) is 42.9 Å². The second-order valence-electron chi connectivity index (χ2n) is 6.01. The van der Waals surface area contributed by atoms with Crippen molar-refractivity contribution in [1.82, 2.24) is 20.2 Å². The minimum Gasteiger partial charge on any atom is -0.481 e. The number of carbonyl (C=O) groups excluding carboxylic acids is 1. The van der Waals surface area contributed by atoms with Gasteiger partial charge in [-0.1, -0.05) is 6.07 Å². The lowest BCUT2D eigenvalue weighted by Crippen LogP contribution is -2.31. The fourth-order valence-electron chi connectivity index (χ4n) is 3.03. The normalized spacial score (nSPS) is 17.6. The van der Waals surface area contributed by atoms with Gasteiger partial charge in [-0.2, -0.15) is 0 Å². The Balaban J connectivity index is 1.48. The molecule has 0 bridgehead atoms. The lowest BCUT2D eigenvalue weighted by molar-refractivity contribution is 0.0947. The van der Waals surface area contributed by atoms with E-state index in [0.717, 1.165) is 31.6 Å². The lowest BCUT2D eigenvalue weighted by atomic mass is 10.1. The van der Waals surface area contributed by atoms with Gasteiger partial charge in [0, 0.05) is 49.4 Å². The van der Waals surface area contributed by atoms with E-state index in [-0.39, 0.29) is 5.91 Å². The van der Waals surface area contributed by atoms with Gasteiger partial charge in [0.05, 0.1) is 7.11 Å². The number of methoxy groups -OCH3 is 1. The molecule has 1 aliphatic heterocycles. The number of ether oxygens (including phenoxy) is 1. The molecule has 0 spiro atoms. The average Bonchev–Trinajstić information content (AvgIpc) is 3.08. The van der Waals surface area contributed by atoms with Crippen molar-refractivity contribution in [2.45, 2.75) is 13.0 Å². The monoisotopic (exact) mass is 326 g/mol. The van der Waals surface area contributed by atoms with Crippen molar-refractivity contribution in [3.05, 3.63) is 54.0 Å². The number of aromatic nitrogens is 2. The Kier molecular flexibility index (Phi) is 5.38. The van der Waals surface area contributed by atoms with Gasteiger partial charge >= 0.3 is 0 Å². The molecule has 1 N–H and O–H groups in total. The summed E-state index contributed by atoms with van der Waals surface area (Å²) in [6.07, 6.45) is 6.09. The number of nitrogens with zero attached hydrogens (tertiary/aromatic N) is 3. The van der Waals surface area contributed by atoms with Crippen molar-refractivity contribution < 1.29 is 9.53 Å². The molecular formula is C18H22N4O2. The van der Waals surface area contributed by atoms with Gasteiger partial charge in [-0.25, -0.2) is 4.98 Å². The molecule has 1 fully saturated rings. The Labute approximate surface area is 141 Å². The van der Waals surface area contributed by atoms with Crippen LogP contribution in [0.1, 0.15) is 22.3 Å². The summed E-state index contributed by atoms with van der Waals surface area (Å²) in [5.41, 5.74) is 1.75. The first-order valence-corrected chi connectivity index (χ1v) is 8.14. The van der Waals surface area contributed by atoms with E-state index in [0.29, 0.717) is 23.9 Å². The molecule has 0 aliphatic carbocycles. The molecule has 0 radical (unpaired) electrons. The second kappa shape index (κ2) is 7.88. The number of nitrogens with one attached hydrogen (secondary N) is 1. The molecule has 2 aromatic rings. The van der Waals surface area contributed by atoms with Gasteiger partial charge in [-0.05, 0) is 37.1 Å². The number of carbonyl (C=O) groups is 1. The molecule has 3 rings (SSSR count). The van der Waals surface area contributed by atoms with Crippen LogP contribution in [0, 0.1) is 5.92 Å². The van der Waals surface area contributed by atoms with E-state index in [1.165, 1.54) is 0 Å². The summed E-state index contributed by atoms with van der Waals surface area (Å²) in [6.45, 7) is 3.51. The van der Waals surface area contributed by atoms with Crippen molar-refractivity contribution in [3.8, 4) is 5.88 Å². The number of rotatable bonds is 6. The Morgan fingerprint density at radius 1 is 1.33 bits per heavy atom. The van der Waals surface area contributed by atoms with E-state index < -0.39 is 0 Å². The van der Waals surface area contributed by atoms with Crippen LogP contribution in [0.25, 0.3) is 0 Å². The van der Waals surface area contributed by atoms with E-state index in [4.69, 9.17) is 4.74 Å². The maximum Gasteiger partial charge on any atom is 0.251 e. The van der Waals surface area contributed by atoms with Crippen LogP contribution in [0.4, 0.5) is 0 Å². The standard InChI is InChI=1S/C18H22N4O2/c1-24-18-16(3-2-7-20-18)13-22-10-6-14(12-22)11-21-17(23)15-4-8-19-9-5-15/h2-5,7-9,14H,6,10-13H2,1H3,(H,21,23)/t14-/m0/s1. The van der Waals surface area contributed by atoms with Gasteiger partial charge in [-0.15, -0.1) is 0 Å². The highest BCUT2D eigenvalue weighted by Crippen LogP contribution is 2.21. The molecular weight excluding hydrogens is 304 g/mol. The first-order chi connectivity index (χ1) is 11.8. The van der Waals surface area contributed by atoms with E-state index in [1.807, 2.05) is 12.1 Å². The van der Waals surface area contributed by atoms with Crippen molar-refractivity contribution in [1.29, 1.82) is 0 Å². The summed E-state index contributed by atoms with van der Waals surface area (Å²) in [5, 5.41) is 3.02. The molecule has 2 aromatic heterocycles. The van der Waals surface area contributed by atoms with E-state index in [2.05, 4.69) is 20.2 Å². The summed E-state index contributed by atoms with van der Waals surface area (Å²) in [7, 11) is 1.65. The van der Waals surface area contributed by atoms with E-state index in [1.54, 1.807) is 37.8 Å². The molecule has 3 heterocycles. The summed E-state index contributed by atoms with van der Waals surface area (Å²) in [4.78, 5) is 22.6. The molecule has 1 atom stereocenters. The molecule has 1 aliphatic rings. The van der Waals surface area contributed by atoms with Crippen LogP contribution in [-0.2, 0) is 6.54 Å². The van der Waals surface area contributed by atoms with Crippen LogP contribution in [0.5, 0.6) is 5.88 Å². The Hall–Kier alpha value is -2.47. The maximum atomic E-state index is 12.1. The third-order valence-corrected chi connectivity index (χ3v) is 4.30. The van der Waals surface area contributed by atoms with Crippen LogP contribution < -0.4 is 10.1 Å². The first-order valence-electron chi connectivity index (χ1n) is 8.14. The van der Waals surface area contributed by atoms with Crippen LogP contribution in [0.2, 0.25) is 0 Å². The van der Waals surface area contributed by atoms with E-state index in [9.17, 15) is 4.79 Å². The highest BCUT2D eigenvalue weighted by atomic mass is 16.5. The van der Waals surface area contributed by atoms with Crippen molar-refractivity contribution in [2.75, 3.05) is 26.7 Å². The highest BCUT2D eigenvalue weighted by molar-refractivity contribution is 5.93. The van der Waals surface area contributed by atoms with Gasteiger partial charge < -0.3 is 10.1 Å². The summed E-state index contributed by atoms with van der Waals surface area (Å²) >= 11 is 0. The summed E-state index contributed by atoms with van der Waals surface area (Å²) in [6, 6.07) is 7.43. The highest BCUT2D eigenvalue weighted by Gasteiger charge is 2.23. The fraction of sp³-hybridized carbons (Fsp3) is 0.389. The Morgan fingerprint density at radius 2 is 2.17 bits per heavy atom. The van der Waals surface area contributed by atoms with Crippen molar-refractivity contribution in [3.63, 3.8) is 0 Å². The molecule has 0 aromatic carbocycles. The van der Waals surface area contributed by atoms with Gasteiger partial charge in [0.2, 0.25) is 5.88 Å². The molecule has 1 amide bonds. The maximum absolute atomic E-state index is 12.1. The van der Waals surface area contributed by atoms with Crippen molar-refractivity contribution >= 4 is 5.91 Å².